The molecule has 0 unspecified atom stereocenters. The van der Waals surface area contributed by atoms with Gasteiger partial charge in [0.25, 0.3) is 5.91 Å². The van der Waals surface area contributed by atoms with Crippen LogP contribution in [0.25, 0.3) is 0 Å². The van der Waals surface area contributed by atoms with Crippen molar-refractivity contribution in [2.45, 2.75) is 103 Å². The van der Waals surface area contributed by atoms with Crippen LogP contribution in [0.15, 0.2) is 24.5 Å². The highest BCUT2D eigenvalue weighted by Gasteiger charge is 2.09. The summed E-state index contributed by atoms with van der Waals surface area (Å²) in [4.78, 5) is 11.7. The molecule has 0 spiro atoms. The van der Waals surface area contributed by atoms with Gasteiger partial charge in [-0.2, -0.15) is 0 Å². The van der Waals surface area contributed by atoms with Crippen molar-refractivity contribution in [2.24, 2.45) is 0 Å². The van der Waals surface area contributed by atoms with Gasteiger partial charge >= 0.3 is 0 Å². The highest BCUT2D eigenvalue weighted by atomic mass is 16.3. The Morgan fingerprint density at radius 2 is 1.41 bits per heavy atom. The second kappa shape index (κ2) is 16.7. The number of carbonyl (C=O) groups is 1. The zero-order valence-corrected chi connectivity index (χ0v) is 17.4. The van der Waals surface area contributed by atoms with E-state index >= 15 is 0 Å². The number of aliphatic hydroxyl groups is 1. The summed E-state index contributed by atoms with van der Waals surface area (Å²) >= 11 is 0. The fourth-order valence-corrected chi connectivity index (χ4v) is 3.46. The molecule has 0 aliphatic rings. The maximum Gasteiger partial charge on any atom is 0.259 e. The van der Waals surface area contributed by atoms with Crippen molar-refractivity contribution >= 4 is 5.91 Å². The van der Waals surface area contributed by atoms with Gasteiger partial charge in [0.1, 0.15) is 18.8 Å². The molecule has 0 saturated carbocycles. The molecular weight excluding hydrogens is 336 g/mol. The van der Waals surface area contributed by atoms with E-state index in [0.717, 1.165) is 13.0 Å². The van der Waals surface area contributed by atoms with Crippen LogP contribution in [-0.2, 0) is 6.54 Å². The minimum absolute atomic E-state index is 0.229. The molecule has 0 bridgehead atoms. The number of aromatic nitrogens is 1. The van der Waals surface area contributed by atoms with Gasteiger partial charge in [-0.15, -0.1) is 0 Å². The highest BCUT2D eigenvalue weighted by molar-refractivity contribution is 5.93. The number of amides is 1. The largest absolute Gasteiger partial charge is 0.376 e. The summed E-state index contributed by atoms with van der Waals surface area (Å²) in [6.45, 7) is 2.89. The van der Waals surface area contributed by atoms with Crippen LogP contribution in [0.1, 0.15) is 107 Å². The van der Waals surface area contributed by atoms with Gasteiger partial charge < -0.3 is 10.4 Å². The third-order valence-electron chi connectivity index (χ3n) is 5.13. The molecule has 0 aromatic carbocycles. The van der Waals surface area contributed by atoms with Gasteiger partial charge in [0.15, 0.2) is 12.4 Å². The molecule has 0 radical (unpaired) electrons. The SMILES string of the molecule is CCCCCCCCCCCCCCCC[n+]1cccc(C(=O)NCO)c1. The third kappa shape index (κ3) is 12.6. The molecular formula is C23H41N2O2+. The topological polar surface area (TPSA) is 53.2 Å². The number of nitrogens with zero attached hydrogens (tertiary/aromatic N) is 1. The van der Waals surface area contributed by atoms with E-state index in [1.807, 2.05) is 18.5 Å². The predicted octanol–water partition coefficient (Wildman–Crippen LogP) is 5.14. The molecule has 0 aliphatic heterocycles. The van der Waals surface area contributed by atoms with Crippen molar-refractivity contribution in [3.8, 4) is 0 Å². The normalized spacial score (nSPS) is 10.9. The van der Waals surface area contributed by atoms with Crippen LogP contribution in [0.2, 0.25) is 0 Å². The van der Waals surface area contributed by atoms with E-state index in [1.165, 1.54) is 83.5 Å². The van der Waals surface area contributed by atoms with Gasteiger partial charge in [-0.3, -0.25) is 4.79 Å². The Balaban J connectivity index is 1.94. The van der Waals surface area contributed by atoms with E-state index in [2.05, 4.69) is 16.8 Å². The minimum Gasteiger partial charge on any atom is -0.376 e. The zero-order chi connectivity index (χ0) is 19.6. The van der Waals surface area contributed by atoms with Crippen LogP contribution >= 0.6 is 0 Å². The number of carbonyl (C=O) groups excluding carboxylic acids is 1. The van der Waals surface area contributed by atoms with Crippen molar-refractivity contribution in [3.63, 3.8) is 0 Å². The van der Waals surface area contributed by atoms with Gasteiger partial charge in [-0.1, -0.05) is 84.0 Å². The van der Waals surface area contributed by atoms with E-state index in [0.29, 0.717) is 5.56 Å². The quantitative estimate of drug-likeness (QED) is 0.224. The first kappa shape index (κ1) is 23.6. The number of unbranched alkanes of at least 4 members (excludes halogenated alkanes) is 13. The Hall–Kier alpha value is -1.42. The van der Waals surface area contributed by atoms with E-state index in [1.54, 1.807) is 6.07 Å². The van der Waals surface area contributed by atoms with E-state index < -0.39 is 0 Å². The number of rotatable bonds is 17. The molecule has 0 saturated heterocycles. The maximum absolute atomic E-state index is 11.7. The second-order valence-corrected chi connectivity index (χ2v) is 7.59. The maximum atomic E-state index is 11.7. The van der Waals surface area contributed by atoms with Gasteiger partial charge in [0, 0.05) is 12.5 Å². The second-order valence-electron chi connectivity index (χ2n) is 7.59. The average molecular weight is 378 g/mol. The Morgan fingerprint density at radius 1 is 0.889 bits per heavy atom. The lowest BCUT2D eigenvalue weighted by molar-refractivity contribution is -0.697. The molecule has 4 heteroatoms. The fraction of sp³-hybridized carbons (Fsp3) is 0.739. The number of nitrogens with one attached hydrogen (secondary N) is 1. The molecule has 2 N–H and O–H groups in total. The smallest absolute Gasteiger partial charge is 0.259 e. The third-order valence-corrected chi connectivity index (χ3v) is 5.13. The van der Waals surface area contributed by atoms with Crippen molar-refractivity contribution < 1.29 is 14.5 Å². The summed E-state index contributed by atoms with van der Waals surface area (Å²) in [5.41, 5.74) is 0.594. The number of pyridine rings is 1. The molecule has 4 nitrogen and oxygen atoms in total. The lowest BCUT2D eigenvalue weighted by atomic mass is 10.0. The lowest BCUT2D eigenvalue weighted by Crippen LogP contribution is -2.35. The predicted molar refractivity (Wildman–Crippen MR) is 112 cm³/mol. The molecule has 1 aromatic heterocycles. The van der Waals surface area contributed by atoms with Crippen LogP contribution in [0, 0.1) is 0 Å². The van der Waals surface area contributed by atoms with Gasteiger partial charge in [0.05, 0.1) is 0 Å². The van der Waals surface area contributed by atoms with Crippen molar-refractivity contribution in [2.75, 3.05) is 6.73 Å². The molecule has 1 heterocycles. The van der Waals surface area contributed by atoms with Crippen LogP contribution in [0.3, 0.4) is 0 Å². The van der Waals surface area contributed by atoms with Crippen LogP contribution in [-0.4, -0.2) is 17.7 Å². The first-order valence-electron chi connectivity index (χ1n) is 11.2. The van der Waals surface area contributed by atoms with E-state index in [-0.39, 0.29) is 12.6 Å². The molecule has 0 aliphatic carbocycles. The summed E-state index contributed by atoms with van der Waals surface area (Å²) in [6.07, 6.45) is 23.0. The number of hydrogen-bond acceptors (Lipinski definition) is 2. The molecule has 1 rings (SSSR count). The first-order valence-corrected chi connectivity index (χ1v) is 11.2. The van der Waals surface area contributed by atoms with Crippen molar-refractivity contribution in [3.05, 3.63) is 30.1 Å². The molecule has 0 atom stereocenters. The molecule has 1 amide bonds. The Kier molecular flexibility index (Phi) is 14.6. The zero-order valence-electron chi connectivity index (χ0n) is 17.4. The van der Waals surface area contributed by atoms with Crippen LogP contribution in [0.5, 0.6) is 0 Å². The average Bonchev–Trinajstić information content (AvgIpc) is 2.68. The highest BCUT2D eigenvalue weighted by Crippen LogP contribution is 2.12. The van der Waals surface area contributed by atoms with Gasteiger partial charge in [-0.05, 0) is 12.5 Å². The molecule has 154 valence electrons. The fourth-order valence-electron chi connectivity index (χ4n) is 3.46. The van der Waals surface area contributed by atoms with E-state index in [9.17, 15) is 4.79 Å². The first-order chi connectivity index (χ1) is 13.3. The number of aliphatic hydroxyl groups excluding tert-OH is 1. The number of hydrogen-bond donors (Lipinski definition) is 2. The monoisotopic (exact) mass is 377 g/mol. The van der Waals surface area contributed by atoms with E-state index in [4.69, 9.17) is 5.11 Å². The van der Waals surface area contributed by atoms with Gasteiger partial charge in [-0.25, -0.2) is 4.57 Å². The summed E-state index contributed by atoms with van der Waals surface area (Å²) < 4.78 is 2.06. The summed E-state index contributed by atoms with van der Waals surface area (Å²) in [5, 5.41) is 11.2. The standard InChI is InChI=1S/C23H40N2O2/c1-2-3-4-5-6-7-8-9-10-11-12-13-14-15-18-25-19-16-17-22(20-25)23(27)24-21-26/h16-17,19-20,26H,2-15,18,21H2,1H3/p+1. The Morgan fingerprint density at radius 3 is 1.93 bits per heavy atom. The summed E-state index contributed by atoms with van der Waals surface area (Å²) in [6, 6.07) is 3.66. The van der Waals surface area contributed by atoms with Crippen molar-refractivity contribution in [1.82, 2.24) is 5.32 Å². The lowest BCUT2D eigenvalue weighted by Gasteiger charge is -2.03. The van der Waals surface area contributed by atoms with Crippen molar-refractivity contribution in [1.29, 1.82) is 0 Å². The Bertz CT molecular complexity index is 491. The molecule has 0 fully saturated rings. The molecule has 1 aromatic rings. The van der Waals surface area contributed by atoms with Crippen LogP contribution in [0.4, 0.5) is 0 Å². The van der Waals surface area contributed by atoms with Gasteiger partial charge in [0.2, 0.25) is 0 Å². The Labute approximate surface area is 166 Å². The summed E-state index contributed by atoms with van der Waals surface area (Å²) in [7, 11) is 0. The number of aryl methyl sites for hydroxylation is 1. The summed E-state index contributed by atoms with van der Waals surface area (Å²) in [5.74, 6) is -0.229. The minimum atomic E-state index is -0.327. The van der Waals surface area contributed by atoms with Crippen LogP contribution < -0.4 is 9.88 Å². The molecule has 27 heavy (non-hydrogen) atoms.